The van der Waals surface area contributed by atoms with Crippen molar-refractivity contribution < 1.29 is 9.66 Å². The van der Waals surface area contributed by atoms with Crippen LogP contribution in [0.25, 0.3) is 6.08 Å². The molecule has 1 saturated heterocycles. The molecule has 0 aliphatic carbocycles. The standard InChI is InChI=1S/C15H20N2O3/c1-12-10-16(11-13(2)20-12)9-5-7-14-6-3-4-8-15(14)17(18)19/h3-8,12-13H,9-11H2,1-2H3/b7-5+/t12-,13-/m1/s1. The molecule has 0 N–H and O–H groups in total. The fourth-order valence-electron chi connectivity index (χ4n) is 2.56. The lowest BCUT2D eigenvalue weighted by molar-refractivity contribution is -0.385. The molecular formula is C15H20N2O3. The number of hydrogen-bond acceptors (Lipinski definition) is 4. The Bertz CT molecular complexity index is 492. The topological polar surface area (TPSA) is 55.6 Å². The van der Waals surface area contributed by atoms with Gasteiger partial charge in [-0.05, 0) is 19.9 Å². The van der Waals surface area contributed by atoms with Gasteiger partial charge in [0.25, 0.3) is 5.69 Å². The van der Waals surface area contributed by atoms with E-state index in [-0.39, 0.29) is 22.8 Å². The van der Waals surface area contributed by atoms with Crippen LogP contribution in [-0.2, 0) is 4.74 Å². The number of rotatable bonds is 4. The SMILES string of the molecule is C[C@@H]1CN(C/C=C/c2ccccc2[N+](=O)[O-])C[C@@H](C)O1. The highest BCUT2D eigenvalue weighted by atomic mass is 16.6. The fraction of sp³-hybridized carbons (Fsp3) is 0.467. The second-order valence-electron chi connectivity index (χ2n) is 5.19. The Balaban J connectivity index is 1.98. The smallest absolute Gasteiger partial charge is 0.276 e. The third-order valence-electron chi connectivity index (χ3n) is 3.29. The molecule has 1 aliphatic heterocycles. The predicted molar refractivity (Wildman–Crippen MR) is 78.6 cm³/mol. The van der Waals surface area contributed by atoms with Crippen LogP contribution in [0.3, 0.4) is 0 Å². The van der Waals surface area contributed by atoms with Crippen LogP contribution < -0.4 is 0 Å². The molecule has 0 aromatic heterocycles. The molecule has 0 amide bonds. The van der Waals surface area contributed by atoms with Gasteiger partial charge in [0.1, 0.15) is 0 Å². The van der Waals surface area contributed by atoms with Crippen LogP contribution in [0.4, 0.5) is 5.69 Å². The first-order valence-electron chi connectivity index (χ1n) is 6.84. The first kappa shape index (κ1) is 14.7. The predicted octanol–water partition coefficient (Wildman–Crippen LogP) is 2.72. The van der Waals surface area contributed by atoms with E-state index < -0.39 is 0 Å². The molecule has 0 spiro atoms. The summed E-state index contributed by atoms with van der Waals surface area (Å²) in [6, 6.07) is 6.78. The van der Waals surface area contributed by atoms with Gasteiger partial charge >= 0.3 is 0 Å². The average molecular weight is 276 g/mol. The fourth-order valence-corrected chi connectivity index (χ4v) is 2.56. The normalized spacial score (nSPS) is 24.1. The molecule has 1 aromatic carbocycles. The third-order valence-corrected chi connectivity index (χ3v) is 3.29. The van der Waals surface area contributed by atoms with Gasteiger partial charge in [0.05, 0.1) is 22.7 Å². The van der Waals surface area contributed by atoms with Gasteiger partial charge in [-0.15, -0.1) is 0 Å². The van der Waals surface area contributed by atoms with Gasteiger partial charge in [-0.25, -0.2) is 0 Å². The number of benzene rings is 1. The van der Waals surface area contributed by atoms with E-state index in [1.165, 1.54) is 6.07 Å². The van der Waals surface area contributed by atoms with E-state index in [2.05, 4.69) is 18.7 Å². The minimum Gasteiger partial charge on any atom is -0.373 e. The van der Waals surface area contributed by atoms with Crippen molar-refractivity contribution >= 4 is 11.8 Å². The first-order valence-corrected chi connectivity index (χ1v) is 6.84. The molecule has 0 bridgehead atoms. The molecule has 0 saturated carbocycles. The van der Waals surface area contributed by atoms with Crippen molar-refractivity contribution in [1.82, 2.24) is 4.90 Å². The maximum Gasteiger partial charge on any atom is 0.276 e. The zero-order chi connectivity index (χ0) is 14.5. The maximum absolute atomic E-state index is 10.9. The van der Waals surface area contributed by atoms with Crippen LogP contribution >= 0.6 is 0 Å². The van der Waals surface area contributed by atoms with Crippen LogP contribution in [0.2, 0.25) is 0 Å². The van der Waals surface area contributed by atoms with Crippen molar-refractivity contribution in [3.8, 4) is 0 Å². The summed E-state index contributed by atoms with van der Waals surface area (Å²) in [5.74, 6) is 0. The van der Waals surface area contributed by atoms with E-state index in [4.69, 9.17) is 4.74 Å². The highest BCUT2D eigenvalue weighted by Gasteiger charge is 2.20. The molecule has 1 aromatic rings. The molecule has 5 heteroatoms. The van der Waals surface area contributed by atoms with Gasteiger partial charge in [0.15, 0.2) is 0 Å². The molecule has 2 rings (SSSR count). The van der Waals surface area contributed by atoms with Gasteiger partial charge in [0, 0.05) is 25.7 Å². The molecule has 5 nitrogen and oxygen atoms in total. The van der Waals surface area contributed by atoms with Gasteiger partial charge in [-0.1, -0.05) is 24.3 Å². The van der Waals surface area contributed by atoms with Gasteiger partial charge in [-0.3, -0.25) is 15.0 Å². The van der Waals surface area contributed by atoms with Crippen LogP contribution in [0.1, 0.15) is 19.4 Å². The second-order valence-corrected chi connectivity index (χ2v) is 5.19. The summed E-state index contributed by atoms with van der Waals surface area (Å²) in [7, 11) is 0. The molecule has 1 heterocycles. The van der Waals surface area contributed by atoms with Gasteiger partial charge in [-0.2, -0.15) is 0 Å². The summed E-state index contributed by atoms with van der Waals surface area (Å²) in [5, 5.41) is 10.9. The number of para-hydroxylation sites is 1. The van der Waals surface area contributed by atoms with Crippen LogP contribution in [0, 0.1) is 10.1 Å². The summed E-state index contributed by atoms with van der Waals surface area (Å²) in [6.07, 6.45) is 4.27. The largest absolute Gasteiger partial charge is 0.373 e. The summed E-state index contributed by atoms with van der Waals surface area (Å²) in [5.41, 5.74) is 0.791. The Hall–Kier alpha value is -1.72. The lowest BCUT2D eigenvalue weighted by Crippen LogP contribution is -2.45. The van der Waals surface area contributed by atoms with Crippen molar-refractivity contribution in [3.63, 3.8) is 0 Å². The van der Waals surface area contributed by atoms with E-state index in [0.717, 1.165) is 19.6 Å². The quantitative estimate of drug-likeness (QED) is 0.626. The number of ether oxygens (including phenoxy) is 1. The lowest BCUT2D eigenvalue weighted by Gasteiger charge is -2.34. The number of nitrogens with zero attached hydrogens (tertiary/aromatic N) is 2. The Morgan fingerprint density at radius 3 is 2.65 bits per heavy atom. The van der Waals surface area contributed by atoms with Crippen LogP contribution in [0.5, 0.6) is 0 Å². The Morgan fingerprint density at radius 2 is 2.00 bits per heavy atom. The molecule has 2 atom stereocenters. The van der Waals surface area contributed by atoms with E-state index >= 15 is 0 Å². The molecule has 0 radical (unpaired) electrons. The molecule has 1 aliphatic rings. The maximum atomic E-state index is 10.9. The number of nitro benzene ring substituents is 1. The highest BCUT2D eigenvalue weighted by molar-refractivity contribution is 5.60. The van der Waals surface area contributed by atoms with Crippen molar-refractivity contribution in [2.45, 2.75) is 26.1 Å². The summed E-state index contributed by atoms with van der Waals surface area (Å²) >= 11 is 0. The monoisotopic (exact) mass is 276 g/mol. The van der Waals surface area contributed by atoms with E-state index in [1.54, 1.807) is 12.1 Å². The Labute approximate surface area is 119 Å². The number of morpholine rings is 1. The van der Waals surface area contributed by atoms with Crippen molar-refractivity contribution in [2.75, 3.05) is 19.6 Å². The van der Waals surface area contributed by atoms with E-state index in [1.807, 2.05) is 18.2 Å². The Kier molecular flexibility index (Phi) is 4.87. The summed E-state index contributed by atoms with van der Waals surface area (Å²) < 4.78 is 5.68. The summed E-state index contributed by atoms with van der Waals surface area (Å²) in [6.45, 7) is 6.70. The van der Waals surface area contributed by atoms with E-state index in [0.29, 0.717) is 5.56 Å². The molecule has 20 heavy (non-hydrogen) atoms. The second kappa shape index (κ2) is 6.63. The van der Waals surface area contributed by atoms with Crippen LogP contribution in [-0.4, -0.2) is 41.7 Å². The van der Waals surface area contributed by atoms with Crippen molar-refractivity contribution in [2.24, 2.45) is 0 Å². The zero-order valence-corrected chi connectivity index (χ0v) is 11.9. The highest BCUT2D eigenvalue weighted by Crippen LogP contribution is 2.19. The molecule has 1 fully saturated rings. The van der Waals surface area contributed by atoms with E-state index in [9.17, 15) is 10.1 Å². The van der Waals surface area contributed by atoms with Gasteiger partial charge < -0.3 is 4.74 Å². The average Bonchev–Trinajstić information content (AvgIpc) is 2.38. The zero-order valence-electron chi connectivity index (χ0n) is 11.9. The molecule has 0 unspecified atom stereocenters. The number of nitro groups is 1. The first-order chi connectivity index (χ1) is 9.56. The minimum atomic E-state index is -0.349. The third kappa shape index (κ3) is 3.88. The van der Waals surface area contributed by atoms with Crippen LogP contribution in [0.15, 0.2) is 30.3 Å². The molecule has 108 valence electrons. The van der Waals surface area contributed by atoms with Crippen molar-refractivity contribution in [3.05, 3.63) is 46.0 Å². The number of hydrogen-bond donors (Lipinski definition) is 0. The van der Waals surface area contributed by atoms with Gasteiger partial charge in [0.2, 0.25) is 0 Å². The van der Waals surface area contributed by atoms with Crippen molar-refractivity contribution in [1.29, 1.82) is 0 Å². The minimum absolute atomic E-state index is 0.146. The lowest BCUT2D eigenvalue weighted by atomic mass is 10.1. The summed E-state index contributed by atoms with van der Waals surface area (Å²) in [4.78, 5) is 12.9. The Morgan fingerprint density at radius 1 is 1.35 bits per heavy atom. The molecular weight excluding hydrogens is 256 g/mol.